The lowest BCUT2D eigenvalue weighted by Gasteiger charge is -2.23. The van der Waals surface area contributed by atoms with E-state index in [-0.39, 0.29) is 18.8 Å². The Labute approximate surface area is 141 Å². The number of aromatic hydroxyl groups is 1. The highest BCUT2D eigenvalue weighted by atomic mass is 16.4. The monoisotopic (exact) mass is 330 g/mol. The summed E-state index contributed by atoms with van der Waals surface area (Å²) in [5.41, 5.74) is 2.67. The second-order valence-electron chi connectivity index (χ2n) is 5.69. The maximum Gasteiger partial charge on any atom is 0.304 e. The zero-order valence-corrected chi connectivity index (χ0v) is 13.6. The van der Waals surface area contributed by atoms with Gasteiger partial charge in [-0.25, -0.2) is 0 Å². The van der Waals surface area contributed by atoms with Gasteiger partial charge >= 0.3 is 5.97 Å². The summed E-state index contributed by atoms with van der Waals surface area (Å²) in [5, 5.41) is 28.6. The molecule has 0 radical (unpaired) electrons. The molecular formula is C18H22N2O4. The van der Waals surface area contributed by atoms with Gasteiger partial charge in [-0.05, 0) is 18.1 Å². The molecular weight excluding hydrogens is 308 g/mol. The summed E-state index contributed by atoms with van der Waals surface area (Å²) < 4.78 is 0. The van der Waals surface area contributed by atoms with E-state index in [1.165, 1.54) is 0 Å². The third-order valence-corrected chi connectivity index (χ3v) is 3.87. The highest BCUT2D eigenvalue weighted by Crippen LogP contribution is 2.25. The molecule has 2 aromatic rings. The molecule has 1 heterocycles. The van der Waals surface area contributed by atoms with E-state index < -0.39 is 5.97 Å². The van der Waals surface area contributed by atoms with Crippen LogP contribution in [0, 0.1) is 6.92 Å². The number of benzene rings is 1. The van der Waals surface area contributed by atoms with Crippen molar-refractivity contribution in [3.8, 4) is 5.75 Å². The van der Waals surface area contributed by atoms with E-state index >= 15 is 0 Å². The van der Waals surface area contributed by atoms with Gasteiger partial charge in [0.25, 0.3) is 0 Å². The van der Waals surface area contributed by atoms with E-state index in [0.29, 0.717) is 36.5 Å². The van der Waals surface area contributed by atoms with Crippen LogP contribution in [0.1, 0.15) is 28.8 Å². The first-order valence-electron chi connectivity index (χ1n) is 7.76. The van der Waals surface area contributed by atoms with E-state index in [2.05, 4.69) is 4.98 Å². The van der Waals surface area contributed by atoms with Gasteiger partial charge in [0.15, 0.2) is 0 Å². The van der Waals surface area contributed by atoms with Crippen molar-refractivity contribution < 1.29 is 20.1 Å². The topological polar surface area (TPSA) is 93.9 Å². The summed E-state index contributed by atoms with van der Waals surface area (Å²) in [7, 11) is 0. The van der Waals surface area contributed by atoms with E-state index in [1.807, 2.05) is 35.2 Å². The van der Waals surface area contributed by atoms with Crippen LogP contribution in [0.25, 0.3) is 0 Å². The van der Waals surface area contributed by atoms with Crippen molar-refractivity contribution in [2.75, 3.05) is 6.54 Å². The molecule has 0 aliphatic rings. The van der Waals surface area contributed by atoms with Gasteiger partial charge in [0.05, 0.1) is 18.7 Å². The average Bonchev–Trinajstić information content (AvgIpc) is 2.57. The predicted octanol–water partition coefficient (Wildman–Crippen LogP) is 2.06. The number of aromatic nitrogens is 1. The minimum atomic E-state index is -0.861. The van der Waals surface area contributed by atoms with Gasteiger partial charge in [0, 0.05) is 31.4 Å². The number of rotatable bonds is 8. The normalized spacial score (nSPS) is 11.0. The Hall–Kier alpha value is -2.44. The second kappa shape index (κ2) is 8.42. The third kappa shape index (κ3) is 4.78. The van der Waals surface area contributed by atoms with Gasteiger partial charge in [0.2, 0.25) is 0 Å². The molecule has 1 aromatic carbocycles. The summed E-state index contributed by atoms with van der Waals surface area (Å²) in [6.07, 6.45) is 1.64. The molecule has 0 saturated heterocycles. The smallest absolute Gasteiger partial charge is 0.304 e. The van der Waals surface area contributed by atoms with Crippen LogP contribution in [0.15, 0.2) is 36.5 Å². The quantitative estimate of drug-likeness (QED) is 0.686. The number of carboxylic acids is 1. The Morgan fingerprint density at radius 1 is 1.21 bits per heavy atom. The fraction of sp³-hybridized carbons (Fsp3) is 0.333. The van der Waals surface area contributed by atoms with Gasteiger partial charge in [-0.2, -0.15) is 0 Å². The van der Waals surface area contributed by atoms with E-state index in [1.54, 1.807) is 13.1 Å². The number of hydrogen-bond donors (Lipinski definition) is 3. The number of pyridine rings is 1. The van der Waals surface area contributed by atoms with Crippen LogP contribution in [0.4, 0.5) is 0 Å². The number of carboxylic acid groups (broad SMARTS) is 1. The van der Waals surface area contributed by atoms with Crippen molar-refractivity contribution >= 4 is 5.97 Å². The average molecular weight is 330 g/mol. The zero-order valence-electron chi connectivity index (χ0n) is 13.6. The SMILES string of the molecule is Cc1ncc(CN(CCC(=O)O)Cc2ccccc2)c(CO)c1O. The Morgan fingerprint density at radius 2 is 1.92 bits per heavy atom. The van der Waals surface area contributed by atoms with E-state index in [9.17, 15) is 15.0 Å². The highest BCUT2D eigenvalue weighted by Gasteiger charge is 2.15. The molecule has 1 aromatic heterocycles. The minimum absolute atomic E-state index is 0.00658. The molecule has 3 N–H and O–H groups in total. The summed E-state index contributed by atoms with van der Waals surface area (Å²) in [5.74, 6) is -0.867. The number of hydrogen-bond acceptors (Lipinski definition) is 5. The molecule has 0 aliphatic carbocycles. The fourth-order valence-corrected chi connectivity index (χ4v) is 2.55. The van der Waals surface area contributed by atoms with Crippen LogP contribution in [0.3, 0.4) is 0 Å². The molecule has 0 fully saturated rings. The summed E-state index contributed by atoms with van der Waals surface area (Å²) in [6, 6.07) is 9.75. The van der Waals surface area contributed by atoms with Crippen molar-refractivity contribution in [3.63, 3.8) is 0 Å². The number of nitrogens with zero attached hydrogens (tertiary/aromatic N) is 2. The standard InChI is InChI=1S/C18H22N2O4/c1-13-18(24)16(12-21)15(9-19-13)11-20(8-7-17(22)23)10-14-5-3-2-4-6-14/h2-6,9,21,24H,7-8,10-12H2,1H3,(H,22,23). The lowest BCUT2D eigenvalue weighted by Crippen LogP contribution is -2.26. The molecule has 128 valence electrons. The third-order valence-electron chi connectivity index (χ3n) is 3.87. The highest BCUT2D eigenvalue weighted by molar-refractivity contribution is 5.66. The molecule has 0 atom stereocenters. The molecule has 0 bridgehead atoms. The van der Waals surface area contributed by atoms with Crippen LogP contribution in [0.5, 0.6) is 5.75 Å². The van der Waals surface area contributed by atoms with Crippen molar-refractivity contribution in [2.24, 2.45) is 0 Å². The van der Waals surface area contributed by atoms with Gasteiger partial charge < -0.3 is 15.3 Å². The maximum atomic E-state index is 10.9. The van der Waals surface area contributed by atoms with E-state index in [0.717, 1.165) is 5.56 Å². The maximum absolute atomic E-state index is 10.9. The Kier molecular flexibility index (Phi) is 6.28. The molecule has 0 amide bonds. The number of aliphatic hydroxyl groups excluding tert-OH is 1. The molecule has 0 saturated carbocycles. The summed E-state index contributed by atoms with van der Waals surface area (Å²) in [4.78, 5) is 17.0. The summed E-state index contributed by atoms with van der Waals surface area (Å²) in [6.45, 7) is 2.73. The van der Waals surface area contributed by atoms with Gasteiger partial charge in [-0.3, -0.25) is 14.7 Å². The second-order valence-corrected chi connectivity index (χ2v) is 5.69. The Morgan fingerprint density at radius 3 is 2.54 bits per heavy atom. The Balaban J connectivity index is 2.21. The molecule has 0 spiro atoms. The predicted molar refractivity (Wildman–Crippen MR) is 89.4 cm³/mol. The number of aryl methyl sites for hydroxylation is 1. The lowest BCUT2D eigenvalue weighted by atomic mass is 10.1. The van der Waals surface area contributed by atoms with Gasteiger partial charge in [0.1, 0.15) is 5.75 Å². The summed E-state index contributed by atoms with van der Waals surface area (Å²) >= 11 is 0. The molecule has 6 nitrogen and oxygen atoms in total. The molecule has 0 aliphatic heterocycles. The van der Waals surface area contributed by atoms with E-state index in [4.69, 9.17) is 5.11 Å². The molecule has 24 heavy (non-hydrogen) atoms. The zero-order chi connectivity index (χ0) is 17.5. The molecule has 6 heteroatoms. The van der Waals surface area contributed by atoms with Crippen LogP contribution in [-0.4, -0.2) is 37.7 Å². The fourth-order valence-electron chi connectivity index (χ4n) is 2.55. The number of aliphatic carboxylic acids is 1. The lowest BCUT2D eigenvalue weighted by molar-refractivity contribution is -0.137. The first-order valence-corrected chi connectivity index (χ1v) is 7.76. The first kappa shape index (κ1) is 17.9. The van der Waals surface area contributed by atoms with Crippen molar-refractivity contribution in [1.29, 1.82) is 0 Å². The minimum Gasteiger partial charge on any atom is -0.506 e. The van der Waals surface area contributed by atoms with Crippen molar-refractivity contribution in [3.05, 3.63) is 58.9 Å². The number of aliphatic hydroxyl groups is 1. The van der Waals surface area contributed by atoms with Crippen molar-refractivity contribution in [2.45, 2.75) is 33.0 Å². The molecule has 2 rings (SSSR count). The van der Waals surface area contributed by atoms with Gasteiger partial charge in [-0.1, -0.05) is 30.3 Å². The largest absolute Gasteiger partial charge is 0.506 e. The van der Waals surface area contributed by atoms with Crippen LogP contribution in [-0.2, 0) is 24.5 Å². The number of carbonyl (C=O) groups is 1. The Bertz CT molecular complexity index is 689. The van der Waals surface area contributed by atoms with Gasteiger partial charge in [-0.15, -0.1) is 0 Å². The van der Waals surface area contributed by atoms with Crippen LogP contribution < -0.4 is 0 Å². The van der Waals surface area contributed by atoms with Crippen LogP contribution in [0.2, 0.25) is 0 Å². The first-order chi connectivity index (χ1) is 11.5. The van der Waals surface area contributed by atoms with Crippen LogP contribution >= 0.6 is 0 Å². The van der Waals surface area contributed by atoms with Crippen molar-refractivity contribution in [1.82, 2.24) is 9.88 Å². The molecule has 0 unspecified atom stereocenters.